The van der Waals surface area contributed by atoms with Crippen LogP contribution in [0.1, 0.15) is 31.4 Å². The molecule has 0 spiro atoms. The van der Waals surface area contributed by atoms with Crippen LogP contribution >= 0.6 is 11.8 Å². The van der Waals surface area contributed by atoms with Gasteiger partial charge in [0.15, 0.2) is 0 Å². The SMILES string of the molecule is CCC(C)CSCc1cc(C#N)ccc1F. The second kappa shape index (κ2) is 6.55. The summed E-state index contributed by atoms with van der Waals surface area (Å²) in [7, 11) is 0. The van der Waals surface area contributed by atoms with E-state index in [9.17, 15) is 4.39 Å². The third-order valence-corrected chi connectivity index (χ3v) is 3.85. The highest BCUT2D eigenvalue weighted by atomic mass is 32.2. The van der Waals surface area contributed by atoms with Gasteiger partial charge in [0.2, 0.25) is 0 Å². The fraction of sp³-hybridized carbons (Fsp3) is 0.462. The maximum absolute atomic E-state index is 13.4. The molecule has 0 bridgehead atoms. The summed E-state index contributed by atoms with van der Waals surface area (Å²) in [4.78, 5) is 0. The van der Waals surface area contributed by atoms with Gasteiger partial charge in [-0.1, -0.05) is 20.3 Å². The Bertz CT molecular complexity index is 384. The Morgan fingerprint density at radius 3 is 2.88 bits per heavy atom. The van der Waals surface area contributed by atoms with Crippen LogP contribution in [0.4, 0.5) is 4.39 Å². The molecule has 0 saturated carbocycles. The monoisotopic (exact) mass is 237 g/mol. The highest BCUT2D eigenvalue weighted by Gasteiger charge is 2.05. The van der Waals surface area contributed by atoms with E-state index in [0.29, 0.717) is 22.8 Å². The lowest BCUT2D eigenvalue weighted by Crippen LogP contribution is -1.97. The summed E-state index contributed by atoms with van der Waals surface area (Å²) >= 11 is 1.72. The maximum Gasteiger partial charge on any atom is 0.127 e. The van der Waals surface area contributed by atoms with Crippen molar-refractivity contribution < 1.29 is 4.39 Å². The molecule has 0 aliphatic carbocycles. The third kappa shape index (κ3) is 3.86. The molecule has 1 aromatic carbocycles. The number of hydrogen-bond donors (Lipinski definition) is 0. The number of benzene rings is 1. The van der Waals surface area contributed by atoms with Crippen LogP contribution in [0.15, 0.2) is 18.2 Å². The van der Waals surface area contributed by atoms with Crippen LogP contribution in [0.5, 0.6) is 0 Å². The molecule has 0 aliphatic heterocycles. The van der Waals surface area contributed by atoms with Gasteiger partial charge in [0, 0.05) is 5.75 Å². The molecule has 1 rings (SSSR count). The van der Waals surface area contributed by atoms with Crippen LogP contribution in [-0.2, 0) is 5.75 Å². The van der Waals surface area contributed by atoms with Crippen molar-refractivity contribution in [1.82, 2.24) is 0 Å². The van der Waals surface area contributed by atoms with Crippen molar-refractivity contribution in [3.05, 3.63) is 35.1 Å². The van der Waals surface area contributed by atoms with Crippen LogP contribution in [0.25, 0.3) is 0 Å². The van der Waals surface area contributed by atoms with Gasteiger partial charge in [-0.15, -0.1) is 0 Å². The summed E-state index contributed by atoms with van der Waals surface area (Å²) in [6, 6.07) is 6.55. The minimum atomic E-state index is -0.212. The molecule has 0 saturated heterocycles. The maximum atomic E-state index is 13.4. The third-order valence-electron chi connectivity index (χ3n) is 2.53. The highest BCUT2D eigenvalue weighted by molar-refractivity contribution is 7.98. The molecule has 0 amide bonds. The van der Waals surface area contributed by atoms with E-state index in [-0.39, 0.29) is 5.82 Å². The van der Waals surface area contributed by atoms with Gasteiger partial charge in [-0.3, -0.25) is 0 Å². The van der Waals surface area contributed by atoms with Crippen LogP contribution in [-0.4, -0.2) is 5.75 Å². The Kier molecular flexibility index (Phi) is 5.34. The lowest BCUT2D eigenvalue weighted by molar-refractivity contribution is 0.616. The molecule has 86 valence electrons. The van der Waals surface area contributed by atoms with E-state index in [1.165, 1.54) is 12.1 Å². The summed E-state index contributed by atoms with van der Waals surface area (Å²) in [5.41, 5.74) is 1.16. The molecule has 0 fully saturated rings. The van der Waals surface area contributed by atoms with Gasteiger partial charge in [0.1, 0.15) is 5.82 Å². The first-order valence-corrected chi connectivity index (χ1v) is 6.59. The van der Waals surface area contributed by atoms with E-state index < -0.39 is 0 Å². The summed E-state index contributed by atoms with van der Waals surface area (Å²) in [6.07, 6.45) is 1.15. The lowest BCUT2D eigenvalue weighted by Gasteiger charge is -2.08. The fourth-order valence-electron chi connectivity index (χ4n) is 1.24. The van der Waals surface area contributed by atoms with Crippen LogP contribution < -0.4 is 0 Å². The molecule has 0 aliphatic rings. The number of halogens is 1. The number of rotatable bonds is 5. The van der Waals surface area contributed by atoms with Crippen molar-refractivity contribution in [2.24, 2.45) is 5.92 Å². The molecule has 1 nitrogen and oxygen atoms in total. The van der Waals surface area contributed by atoms with E-state index >= 15 is 0 Å². The average molecular weight is 237 g/mol. The van der Waals surface area contributed by atoms with Crippen molar-refractivity contribution in [2.75, 3.05) is 5.75 Å². The normalized spacial score (nSPS) is 12.1. The molecule has 1 aromatic rings. The topological polar surface area (TPSA) is 23.8 Å². The predicted octanol–water partition coefficient (Wildman–Crippen LogP) is 3.98. The van der Waals surface area contributed by atoms with Gasteiger partial charge >= 0.3 is 0 Å². The quantitative estimate of drug-likeness (QED) is 0.773. The van der Waals surface area contributed by atoms with E-state index in [4.69, 9.17) is 5.26 Å². The Morgan fingerprint density at radius 2 is 2.25 bits per heavy atom. The molecule has 0 heterocycles. The average Bonchev–Trinajstić information content (AvgIpc) is 2.31. The standard InChI is InChI=1S/C13H16FNS/c1-3-10(2)8-16-9-12-6-11(7-15)4-5-13(12)14/h4-6,10H,3,8-9H2,1-2H3. The summed E-state index contributed by atoms with van der Waals surface area (Å²) in [6.45, 7) is 4.34. The Balaban J connectivity index is 2.56. The second-order valence-corrected chi connectivity index (χ2v) is 4.98. The second-order valence-electron chi connectivity index (χ2n) is 3.95. The van der Waals surface area contributed by atoms with Gasteiger partial charge in [-0.05, 0) is 35.4 Å². The zero-order valence-corrected chi connectivity index (χ0v) is 10.5. The first-order valence-electron chi connectivity index (χ1n) is 5.43. The molecule has 0 radical (unpaired) electrons. The van der Waals surface area contributed by atoms with E-state index in [1.807, 2.05) is 6.07 Å². The van der Waals surface area contributed by atoms with Crippen LogP contribution in [0.3, 0.4) is 0 Å². The first-order chi connectivity index (χ1) is 7.67. The minimum Gasteiger partial charge on any atom is -0.207 e. The van der Waals surface area contributed by atoms with Gasteiger partial charge in [0.25, 0.3) is 0 Å². The minimum absolute atomic E-state index is 0.212. The van der Waals surface area contributed by atoms with Gasteiger partial charge in [0.05, 0.1) is 11.6 Å². The molecule has 16 heavy (non-hydrogen) atoms. The van der Waals surface area contributed by atoms with Crippen molar-refractivity contribution >= 4 is 11.8 Å². The summed E-state index contributed by atoms with van der Waals surface area (Å²) in [5.74, 6) is 2.13. The largest absolute Gasteiger partial charge is 0.207 e. The molecule has 1 atom stereocenters. The molecular weight excluding hydrogens is 221 g/mol. The smallest absolute Gasteiger partial charge is 0.127 e. The van der Waals surface area contributed by atoms with Crippen molar-refractivity contribution in [1.29, 1.82) is 5.26 Å². The molecule has 1 unspecified atom stereocenters. The van der Waals surface area contributed by atoms with Gasteiger partial charge < -0.3 is 0 Å². The zero-order valence-electron chi connectivity index (χ0n) is 9.66. The van der Waals surface area contributed by atoms with Gasteiger partial charge in [-0.25, -0.2) is 4.39 Å². The first kappa shape index (κ1) is 13.1. The van der Waals surface area contributed by atoms with E-state index in [0.717, 1.165) is 12.2 Å². The van der Waals surface area contributed by atoms with Crippen molar-refractivity contribution in [3.8, 4) is 6.07 Å². The number of thioether (sulfide) groups is 1. The molecule has 0 N–H and O–H groups in total. The molecule has 3 heteroatoms. The fourth-order valence-corrected chi connectivity index (χ4v) is 2.44. The predicted molar refractivity (Wildman–Crippen MR) is 66.7 cm³/mol. The zero-order chi connectivity index (χ0) is 12.0. The molecular formula is C13H16FNS. The molecule has 0 aromatic heterocycles. The Labute approximate surface area is 101 Å². The number of nitrogens with zero attached hydrogens (tertiary/aromatic N) is 1. The Morgan fingerprint density at radius 1 is 1.50 bits per heavy atom. The summed E-state index contributed by atoms with van der Waals surface area (Å²) < 4.78 is 13.4. The van der Waals surface area contributed by atoms with Crippen molar-refractivity contribution in [3.63, 3.8) is 0 Å². The van der Waals surface area contributed by atoms with Crippen LogP contribution in [0.2, 0.25) is 0 Å². The number of hydrogen-bond acceptors (Lipinski definition) is 2. The van der Waals surface area contributed by atoms with E-state index in [1.54, 1.807) is 17.8 Å². The van der Waals surface area contributed by atoms with Gasteiger partial charge in [-0.2, -0.15) is 17.0 Å². The van der Waals surface area contributed by atoms with Crippen molar-refractivity contribution in [2.45, 2.75) is 26.0 Å². The van der Waals surface area contributed by atoms with Crippen LogP contribution in [0, 0.1) is 23.1 Å². The Hall–Kier alpha value is -1.01. The summed E-state index contributed by atoms with van der Waals surface area (Å²) in [5, 5.41) is 8.73. The lowest BCUT2D eigenvalue weighted by atomic mass is 10.1. The highest BCUT2D eigenvalue weighted by Crippen LogP contribution is 2.20. The number of nitriles is 1. The van der Waals surface area contributed by atoms with E-state index in [2.05, 4.69) is 13.8 Å².